The van der Waals surface area contributed by atoms with E-state index in [0.717, 1.165) is 28.0 Å². The van der Waals surface area contributed by atoms with Crippen LogP contribution in [0.2, 0.25) is 0 Å². The number of hydrogen-bond acceptors (Lipinski definition) is 8. The number of nitrogens with one attached hydrogen (secondary N) is 1. The normalized spacial score (nSPS) is 11.3. The molecule has 0 amide bonds. The van der Waals surface area contributed by atoms with Gasteiger partial charge in [-0.2, -0.15) is 0 Å². The molecule has 0 spiro atoms. The molecule has 0 saturated heterocycles. The minimum Gasteiger partial charge on any atom is -0.497 e. The minimum absolute atomic E-state index is 0.0546. The number of aliphatic hydroxyl groups is 1. The van der Waals surface area contributed by atoms with Crippen LogP contribution in [0.4, 0.5) is 0 Å². The maximum atomic E-state index is 12.8. The lowest BCUT2D eigenvalue weighted by Gasteiger charge is -2.21. The van der Waals surface area contributed by atoms with Crippen molar-refractivity contribution in [3.05, 3.63) is 75.8 Å². The summed E-state index contributed by atoms with van der Waals surface area (Å²) in [5, 5.41) is 22.5. The van der Waals surface area contributed by atoms with Crippen molar-refractivity contribution in [1.29, 1.82) is 0 Å². The molecule has 0 aliphatic rings. The predicted molar refractivity (Wildman–Crippen MR) is 131 cm³/mol. The molecule has 2 aromatic carbocycles. The summed E-state index contributed by atoms with van der Waals surface area (Å²) in [6.07, 6.45) is 0.569. The third-order valence-electron chi connectivity index (χ3n) is 5.69. The van der Waals surface area contributed by atoms with Crippen LogP contribution in [0.5, 0.6) is 11.5 Å². The van der Waals surface area contributed by atoms with E-state index in [2.05, 4.69) is 25.4 Å². The van der Waals surface area contributed by atoms with Gasteiger partial charge >= 0.3 is 0 Å². The van der Waals surface area contributed by atoms with Crippen molar-refractivity contribution >= 4 is 10.9 Å². The summed E-state index contributed by atoms with van der Waals surface area (Å²) in [5.41, 5.74) is 2.27. The lowest BCUT2D eigenvalue weighted by atomic mass is 10.1. The Morgan fingerprint density at radius 3 is 2.63 bits per heavy atom. The number of hydrogen-bond donors (Lipinski definition) is 2. The van der Waals surface area contributed by atoms with Gasteiger partial charge in [0.2, 0.25) is 0 Å². The lowest BCUT2D eigenvalue weighted by Crippen LogP contribution is -2.29. The molecule has 184 valence electrons. The highest BCUT2D eigenvalue weighted by Crippen LogP contribution is 2.20. The zero-order chi connectivity index (χ0) is 24.6. The molecule has 10 heteroatoms. The van der Waals surface area contributed by atoms with E-state index in [9.17, 15) is 9.90 Å². The van der Waals surface area contributed by atoms with Crippen LogP contribution in [0.25, 0.3) is 10.9 Å². The Hall–Kier alpha value is -3.76. The van der Waals surface area contributed by atoms with Gasteiger partial charge in [0.1, 0.15) is 11.5 Å². The maximum absolute atomic E-state index is 12.8. The fraction of sp³-hybridized carbons (Fsp3) is 0.360. The first-order chi connectivity index (χ1) is 17.1. The molecular formula is C25H30N6O4. The highest BCUT2D eigenvalue weighted by atomic mass is 16.5. The molecule has 4 aromatic rings. The summed E-state index contributed by atoms with van der Waals surface area (Å²) >= 11 is 0. The van der Waals surface area contributed by atoms with Crippen molar-refractivity contribution in [2.24, 2.45) is 0 Å². The summed E-state index contributed by atoms with van der Waals surface area (Å²) in [5.74, 6) is 2.22. The first-order valence-corrected chi connectivity index (χ1v) is 11.6. The Morgan fingerprint density at radius 1 is 1.09 bits per heavy atom. The number of aromatic amines is 1. The molecule has 0 fully saturated rings. The van der Waals surface area contributed by atoms with Crippen LogP contribution in [0, 0.1) is 0 Å². The van der Waals surface area contributed by atoms with E-state index in [4.69, 9.17) is 9.47 Å². The van der Waals surface area contributed by atoms with E-state index in [1.807, 2.05) is 55.5 Å². The average Bonchev–Trinajstić information content (AvgIpc) is 3.30. The molecular weight excluding hydrogens is 448 g/mol. The quantitative estimate of drug-likeness (QED) is 0.319. The molecule has 0 aliphatic carbocycles. The summed E-state index contributed by atoms with van der Waals surface area (Å²) in [7, 11) is 1.63. The van der Waals surface area contributed by atoms with Crippen LogP contribution in [-0.4, -0.2) is 62.1 Å². The van der Waals surface area contributed by atoms with Crippen molar-refractivity contribution in [2.75, 3.05) is 26.9 Å². The largest absolute Gasteiger partial charge is 0.497 e. The lowest BCUT2D eigenvalue weighted by molar-refractivity contribution is 0.206. The summed E-state index contributed by atoms with van der Waals surface area (Å²) in [4.78, 5) is 17.8. The number of fused-ring (bicyclic) bond motifs is 1. The van der Waals surface area contributed by atoms with Gasteiger partial charge in [-0.05, 0) is 65.7 Å². The number of rotatable bonds is 12. The third-order valence-corrected chi connectivity index (χ3v) is 5.69. The van der Waals surface area contributed by atoms with Gasteiger partial charge in [0.15, 0.2) is 5.82 Å². The zero-order valence-electron chi connectivity index (χ0n) is 20.0. The zero-order valence-corrected chi connectivity index (χ0v) is 20.0. The molecule has 4 rings (SSSR count). The van der Waals surface area contributed by atoms with Crippen molar-refractivity contribution in [3.8, 4) is 11.5 Å². The molecule has 10 nitrogen and oxygen atoms in total. The number of methoxy groups -OCH3 is 1. The maximum Gasteiger partial charge on any atom is 0.252 e. The fourth-order valence-electron chi connectivity index (χ4n) is 3.92. The average molecular weight is 479 g/mol. The van der Waals surface area contributed by atoms with Crippen LogP contribution in [0.3, 0.4) is 0 Å². The molecule has 2 heterocycles. The molecule has 0 unspecified atom stereocenters. The molecule has 0 atom stereocenters. The Balaban J connectivity index is 1.54. The fourth-order valence-corrected chi connectivity index (χ4v) is 3.92. The highest BCUT2D eigenvalue weighted by molar-refractivity contribution is 5.80. The number of tetrazole rings is 1. The molecule has 0 saturated carbocycles. The van der Waals surface area contributed by atoms with Crippen LogP contribution < -0.4 is 15.0 Å². The van der Waals surface area contributed by atoms with Crippen LogP contribution in [0.1, 0.15) is 30.3 Å². The smallest absolute Gasteiger partial charge is 0.252 e. The second-order valence-corrected chi connectivity index (χ2v) is 8.19. The van der Waals surface area contributed by atoms with Crippen LogP contribution >= 0.6 is 0 Å². The second kappa shape index (κ2) is 11.6. The van der Waals surface area contributed by atoms with E-state index >= 15 is 0 Å². The predicted octanol–water partition coefficient (Wildman–Crippen LogP) is 2.35. The number of pyridine rings is 1. The SMILES string of the molecule is CCOc1ccc2[nH]c(=O)c(CN(CCCO)Cc3nnnn3Cc3ccc(OC)cc3)cc2c1. The molecule has 0 radical (unpaired) electrons. The van der Waals surface area contributed by atoms with Gasteiger partial charge in [-0.25, -0.2) is 4.68 Å². The molecule has 0 bridgehead atoms. The number of benzene rings is 2. The Kier molecular flexibility index (Phi) is 8.07. The number of aromatic nitrogens is 5. The molecule has 0 aliphatic heterocycles. The minimum atomic E-state index is -0.145. The number of nitrogens with zero attached hydrogens (tertiary/aromatic N) is 5. The van der Waals surface area contributed by atoms with Gasteiger partial charge in [-0.3, -0.25) is 9.69 Å². The molecule has 2 aromatic heterocycles. The van der Waals surface area contributed by atoms with Crippen LogP contribution in [0.15, 0.2) is 53.3 Å². The first-order valence-electron chi connectivity index (χ1n) is 11.6. The summed E-state index contributed by atoms with van der Waals surface area (Å²) in [6, 6.07) is 15.2. The van der Waals surface area contributed by atoms with Gasteiger partial charge in [0, 0.05) is 36.2 Å². The monoisotopic (exact) mass is 478 g/mol. The summed E-state index contributed by atoms with van der Waals surface area (Å²) < 4.78 is 12.6. The second-order valence-electron chi connectivity index (χ2n) is 8.19. The first kappa shape index (κ1) is 24.4. The van der Waals surface area contributed by atoms with Crippen molar-refractivity contribution in [3.63, 3.8) is 0 Å². The number of aliphatic hydroxyl groups excluding tert-OH is 1. The van der Waals surface area contributed by atoms with E-state index in [-0.39, 0.29) is 12.2 Å². The van der Waals surface area contributed by atoms with Gasteiger partial charge in [0.05, 0.1) is 26.8 Å². The van der Waals surface area contributed by atoms with Gasteiger partial charge in [-0.15, -0.1) is 5.10 Å². The standard InChI is InChI=1S/C25H30N6O4/c1-3-35-22-9-10-23-19(14-22)13-20(25(33)26-23)16-30(11-4-12-32)17-24-27-28-29-31(24)15-18-5-7-21(34-2)8-6-18/h5-10,13-14,32H,3-4,11-12,15-17H2,1-2H3,(H,26,33). The highest BCUT2D eigenvalue weighted by Gasteiger charge is 2.15. The topological polar surface area (TPSA) is 118 Å². The Bertz CT molecular complexity index is 1300. The summed E-state index contributed by atoms with van der Waals surface area (Å²) in [6.45, 7) is 4.48. The van der Waals surface area contributed by atoms with Crippen molar-refractivity contribution in [1.82, 2.24) is 30.1 Å². The van der Waals surface area contributed by atoms with E-state index in [0.29, 0.717) is 50.6 Å². The van der Waals surface area contributed by atoms with Crippen molar-refractivity contribution < 1.29 is 14.6 Å². The van der Waals surface area contributed by atoms with Gasteiger partial charge < -0.3 is 19.6 Å². The molecule has 2 N–H and O–H groups in total. The number of H-pyrrole nitrogens is 1. The van der Waals surface area contributed by atoms with E-state index in [1.165, 1.54) is 0 Å². The van der Waals surface area contributed by atoms with Gasteiger partial charge in [-0.1, -0.05) is 12.1 Å². The van der Waals surface area contributed by atoms with Crippen LogP contribution in [-0.2, 0) is 19.6 Å². The van der Waals surface area contributed by atoms with Gasteiger partial charge in [0.25, 0.3) is 5.56 Å². The van der Waals surface area contributed by atoms with E-state index < -0.39 is 0 Å². The Morgan fingerprint density at radius 2 is 1.89 bits per heavy atom. The number of ether oxygens (including phenoxy) is 2. The Labute approximate surface area is 203 Å². The van der Waals surface area contributed by atoms with Crippen molar-refractivity contribution in [2.45, 2.75) is 33.0 Å². The molecule has 35 heavy (non-hydrogen) atoms. The van der Waals surface area contributed by atoms with E-state index in [1.54, 1.807) is 11.8 Å². The third kappa shape index (κ3) is 6.23.